The molecule has 1 aromatic rings. The number of ketones is 1. The van der Waals surface area contributed by atoms with Gasteiger partial charge in [-0.3, -0.25) is 4.79 Å². The number of rotatable bonds is 8. The number of aryl methyl sites for hydroxylation is 1. The van der Waals surface area contributed by atoms with Gasteiger partial charge in [-0.15, -0.1) is 34.7 Å². The first-order valence-electron chi connectivity index (χ1n) is 6.94. The van der Waals surface area contributed by atoms with Crippen LogP contribution < -0.4 is 0 Å². The second kappa shape index (κ2) is 11.3. The number of thiol groups is 2. The summed E-state index contributed by atoms with van der Waals surface area (Å²) in [5, 5.41) is 9.64. The fourth-order valence-electron chi connectivity index (χ4n) is 2.07. The molecule has 1 atom stereocenters. The van der Waals surface area contributed by atoms with Crippen molar-refractivity contribution >= 4 is 40.4 Å². The van der Waals surface area contributed by atoms with Crippen LogP contribution in [0.4, 0.5) is 0 Å². The highest BCUT2D eigenvalue weighted by Crippen LogP contribution is 2.33. The van der Waals surface area contributed by atoms with Crippen molar-refractivity contribution in [2.75, 3.05) is 6.61 Å². The van der Waals surface area contributed by atoms with Gasteiger partial charge in [0.25, 0.3) is 0 Å². The van der Waals surface area contributed by atoms with Gasteiger partial charge in [0, 0.05) is 16.7 Å². The summed E-state index contributed by atoms with van der Waals surface area (Å²) < 4.78 is 0. The molecular weight excluding hydrogens is 322 g/mol. The lowest BCUT2D eigenvalue weighted by atomic mass is 9.83. The number of aliphatic hydroxyl groups is 1. The van der Waals surface area contributed by atoms with E-state index in [0.29, 0.717) is 6.42 Å². The van der Waals surface area contributed by atoms with Crippen LogP contribution in [0.3, 0.4) is 0 Å². The first-order valence-corrected chi connectivity index (χ1v) is 9.42. The SMILES string of the molecule is CCCCC=CC(=O)CC(C)(CO)c1scnc1C.SS. The van der Waals surface area contributed by atoms with Crippen molar-refractivity contribution in [3.63, 3.8) is 0 Å². The van der Waals surface area contributed by atoms with Gasteiger partial charge in [-0.25, -0.2) is 4.98 Å². The molecule has 6 heteroatoms. The molecule has 0 spiro atoms. The number of unbranched alkanes of at least 4 members (excludes halogenated alkanes) is 2. The highest BCUT2D eigenvalue weighted by Gasteiger charge is 2.31. The fourth-order valence-corrected chi connectivity index (χ4v) is 3.03. The molecule has 0 aliphatic rings. The van der Waals surface area contributed by atoms with Gasteiger partial charge in [-0.1, -0.05) is 32.8 Å². The highest BCUT2D eigenvalue weighted by atomic mass is 33.1. The van der Waals surface area contributed by atoms with Crippen molar-refractivity contribution < 1.29 is 9.90 Å². The van der Waals surface area contributed by atoms with Crippen molar-refractivity contribution in [2.45, 2.75) is 51.9 Å². The number of carbonyl (C=O) groups is 1. The minimum Gasteiger partial charge on any atom is -0.395 e. The van der Waals surface area contributed by atoms with Gasteiger partial charge in [0.2, 0.25) is 0 Å². The van der Waals surface area contributed by atoms with Gasteiger partial charge in [-0.2, -0.15) is 0 Å². The van der Waals surface area contributed by atoms with E-state index >= 15 is 0 Å². The molecule has 0 bridgehead atoms. The number of carbonyl (C=O) groups excluding carboxylic acids is 1. The zero-order chi connectivity index (χ0) is 16.3. The second-order valence-electron chi connectivity index (χ2n) is 5.17. The van der Waals surface area contributed by atoms with Gasteiger partial charge in [0.15, 0.2) is 5.78 Å². The van der Waals surface area contributed by atoms with E-state index in [2.05, 4.69) is 35.2 Å². The summed E-state index contributed by atoms with van der Waals surface area (Å²) >= 11 is 7.95. The highest BCUT2D eigenvalue weighted by molar-refractivity contribution is 8.59. The number of nitrogens with zero attached hydrogens (tertiary/aromatic N) is 1. The molecule has 0 radical (unpaired) electrons. The Hall–Kier alpha value is -0.300. The summed E-state index contributed by atoms with van der Waals surface area (Å²) in [5.74, 6) is 0.0699. The van der Waals surface area contributed by atoms with Crippen LogP contribution in [-0.4, -0.2) is 22.5 Å². The van der Waals surface area contributed by atoms with Crippen molar-refractivity contribution in [1.82, 2.24) is 4.98 Å². The molecule has 1 N–H and O–H groups in total. The van der Waals surface area contributed by atoms with Gasteiger partial charge in [-0.05, 0) is 19.4 Å². The Labute approximate surface area is 142 Å². The topological polar surface area (TPSA) is 50.2 Å². The Balaban J connectivity index is 0.00000191. The van der Waals surface area contributed by atoms with E-state index < -0.39 is 5.41 Å². The Kier molecular flexibility index (Phi) is 11.1. The molecule has 1 aromatic heterocycles. The van der Waals surface area contributed by atoms with Crippen molar-refractivity contribution in [3.8, 4) is 0 Å². The second-order valence-corrected chi connectivity index (χ2v) is 6.03. The minimum atomic E-state index is -0.516. The van der Waals surface area contributed by atoms with Gasteiger partial charge in [0.1, 0.15) is 0 Å². The molecule has 0 aliphatic carbocycles. The maximum atomic E-state index is 12.0. The van der Waals surface area contributed by atoms with Crippen LogP contribution in [0.15, 0.2) is 17.7 Å². The Morgan fingerprint density at radius 1 is 1.52 bits per heavy atom. The Bertz CT molecular complexity index is 446. The molecular formula is C15H25NO2S3. The molecule has 3 nitrogen and oxygen atoms in total. The van der Waals surface area contributed by atoms with Crippen LogP contribution in [0.25, 0.3) is 0 Å². The monoisotopic (exact) mass is 347 g/mol. The number of allylic oxidation sites excluding steroid dienone is 2. The summed E-state index contributed by atoms with van der Waals surface area (Å²) in [6.45, 7) is 5.93. The lowest BCUT2D eigenvalue weighted by Gasteiger charge is -2.25. The lowest BCUT2D eigenvalue weighted by Crippen LogP contribution is -2.29. The van der Waals surface area contributed by atoms with Gasteiger partial charge in [0.05, 0.1) is 17.8 Å². The van der Waals surface area contributed by atoms with Crippen LogP contribution in [0.1, 0.15) is 50.1 Å². The third-order valence-corrected chi connectivity index (χ3v) is 4.47. The number of aromatic nitrogens is 1. The normalized spacial score (nSPS) is 13.6. The summed E-state index contributed by atoms with van der Waals surface area (Å²) in [7, 11) is 0. The maximum absolute atomic E-state index is 12.0. The maximum Gasteiger partial charge on any atom is 0.156 e. The van der Waals surface area contributed by atoms with Crippen molar-refractivity contribution in [1.29, 1.82) is 0 Å². The largest absolute Gasteiger partial charge is 0.395 e. The van der Waals surface area contributed by atoms with Crippen LogP contribution in [0, 0.1) is 6.92 Å². The minimum absolute atomic E-state index is 0.0371. The molecule has 0 saturated heterocycles. The fraction of sp³-hybridized carbons (Fsp3) is 0.600. The molecule has 0 saturated carbocycles. The van der Waals surface area contributed by atoms with Crippen LogP contribution in [0.5, 0.6) is 0 Å². The first-order chi connectivity index (χ1) is 10.0. The molecule has 120 valence electrons. The van der Waals surface area contributed by atoms with E-state index in [1.807, 2.05) is 19.9 Å². The lowest BCUT2D eigenvalue weighted by molar-refractivity contribution is -0.116. The average Bonchev–Trinajstić information content (AvgIpc) is 2.92. The molecule has 0 amide bonds. The smallest absolute Gasteiger partial charge is 0.156 e. The van der Waals surface area contributed by atoms with E-state index in [-0.39, 0.29) is 12.4 Å². The zero-order valence-corrected chi connectivity index (χ0v) is 15.5. The number of thiazole rings is 1. The van der Waals surface area contributed by atoms with E-state index in [1.165, 1.54) is 11.3 Å². The predicted octanol–water partition coefficient (Wildman–Crippen LogP) is 4.17. The first kappa shape index (κ1) is 20.7. The van der Waals surface area contributed by atoms with Gasteiger partial charge < -0.3 is 5.11 Å². The number of aliphatic hydroxyl groups excluding tert-OH is 1. The number of hydrogen-bond acceptors (Lipinski definition) is 6. The molecule has 0 aliphatic heterocycles. The van der Waals surface area contributed by atoms with Crippen LogP contribution in [-0.2, 0) is 10.2 Å². The Morgan fingerprint density at radius 3 is 2.67 bits per heavy atom. The quantitative estimate of drug-likeness (QED) is 0.286. The molecule has 1 heterocycles. The third-order valence-electron chi connectivity index (χ3n) is 3.24. The van der Waals surface area contributed by atoms with Crippen molar-refractivity contribution in [3.05, 3.63) is 28.2 Å². The van der Waals surface area contributed by atoms with E-state index in [9.17, 15) is 9.90 Å². The third kappa shape index (κ3) is 7.00. The standard InChI is InChI=1S/C15H23NO2S.H2S2/c1-4-5-6-7-8-13(18)9-15(3,10-17)14-12(2)16-11-19-14;1-2/h7-8,11,17H,4-6,9-10H2,1-3H3;1-2H. The van der Waals surface area contributed by atoms with Crippen LogP contribution >= 0.6 is 34.7 Å². The molecule has 0 fully saturated rings. The summed E-state index contributed by atoms with van der Waals surface area (Å²) in [5.41, 5.74) is 2.15. The number of hydrogen-bond donors (Lipinski definition) is 3. The summed E-state index contributed by atoms with van der Waals surface area (Å²) in [6.07, 6.45) is 7.10. The van der Waals surface area contributed by atoms with E-state index in [1.54, 1.807) is 11.6 Å². The molecule has 21 heavy (non-hydrogen) atoms. The van der Waals surface area contributed by atoms with E-state index in [4.69, 9.17) is 0 Å². The zero-order valence-electron chi connectivity index (χ0n) is 12.9. The average molecular weight is 348 g/mol. The van der Waals surface area contributed by atoms with Crippen molar-refractivity contribution in [2.24, 2.45) is 0 Å². The molecule has 1 unspecified atom stereocenters. The summed E-state index contributed by atoms with van der Waals surface area (Å²) in [6, 6.07) is 0. The summed E-state index contributed by atoms with van der Waals surface area (Å²) in [4.78, 5) is 17.2. The van der Waals surface area contributed by atoms with Gasteiger partial charge >= 0.3 is 0 Å². The predicted molar refractivity (Wildman–Crippen MR) is 97.5 cm³/mol. The van der Waals surface area contributed by atoms with E-state index in [0.717, 1.165) is 29.8 Å². The molecule has 1 rings (SSSR count). The van der Waals surface area contributed by atoms with Crippen LogP contribution in [0.2, 0.25) is 0 Å². The Morgan fingerprint density at radius 2 is 2.19 bits per heavy atom. The molecule has 0 aromatic carbocycles.